The van der Waals surface area contributed by atoms with Crippen molar-refractivity contribution < 1.29 is 12.6 Å². The molecule has 0 amide bonds. The molecule has 0 N–H and O–H groups in total. The number of hydrogen-bond acceptors (Lipinski definition) is 3. The van der Waals surface area contributed by atoms with E-state index in [-0.39, 0.29) is 11.5 Å². The fourth-order valence-corrected chi connectivity index (χ4v) is 4.28. The van der Waals surface area contributed by atoms with Gasteiger partial charge in [-0.25, -0.2) is 0 Å². The predicted octanol–water partition coefficient (Wildman–Crippen LogP) is 4.75. The van der Waals surface area contributed by atoms with Crippen molar-refractivity contribution in [1.29, 1.82) is 0 Å². The average Bonchev–Trinajstić information content (AvgIpc) is 2.66. The zero-order chi connectivity index (χ0) is 18.0. The molecule has 1 aliphatic rings. The number of aryl methyl sites for hydroxylation is 1. The molecule has 3 nitrogen and oxygen atoms in total. The van der Waals surface area contributed by atoms with Crippen molar-refractivity contribution in [2.75, 3.05) is 6.61 Å². The zero-order valence-electron chi connectivity index (χ0n) is 15.5. The van der Waals surface area contributed by atoms with Crippen LogP contribution in [0.1, 0.15) is 39.7 Å². The molecular weight excluding hydrogens is 319 g/mol. The van der Waals surface area contributed by atoms with Crippen molar-refractivity contribution in [2.24, 2.45) is 10.8 Å². The molecule has 24 heavy (non-hydrogen) atoms. The van der Waals surface area contributed by atoms with Gasteiger partial charge in [0.05, 0.1) is 11.5 Å². The molecule has 132 valence electrons. The molecule has 0 spiro atoms. The number of rotatable bonds is 6. The first-order chi connectivity index (χ1) is 11.0. The van der Waals surface area contributed by atoms with Crippen LogP contribution in [0.25, 0.3) is 0 Å². The van der Waals surface area contributed by atoms with E-state index in [0.717, 1.165) is 5.56 Å². The topological polar surface area (TPSA) is 43.4 Å². The van der Waals surface area contributed by atoms with Gasteiger partial charge in [-0.2, -0.15) is 8.42 Å². The van der Waals surface area contributed by atoms with Crippen LogP contribution in [-0.4, -0.2) is 21.7 Å². The molecule has 0 bridgehead atoms. The Bertz CT molecular complexity index is 672. The molecule has 1 fully saturated rings. The highest BCUT2D eigenvalue weighted by atomic mass is 32.2. The van der Waals surface area contributed by atoms with Gasteiger partial charge in [-0.15, -0.1) is 5.98 Å². The zero-order valence-corrected chi connectivity index (χ0v) is 16.3. The van der Waals surface area contributed by atoms with Gasteiger partial charge in [-0.05, 0) is 36.3 Å². The molecule has 0 aromatic heterocycles. The lowest BCUT2D eigenvalue weighted by Crippen LogP contribution is -2.24. The lowest BCUT2D eigenvalue weighted by molar-refractivity contribution is 0.177. The highest BCUT2D eigenvalue weighted by Crippen LogP contribution is 2.52. The van der Waals surface area contributed by atoms with Gasteiger partial charge in [0.15, 0.2) is 6.71 Å². The summed E-state index contributed by atoms with van der Waals surface area (Å²) in [6.07, 6.45) is 5.04. The molecule has 5 heteroatoms. The van der Waals surface area contributed by atoms with E-state index in [1.165, 1.54) is 12.6 Å². The maximum atomic E-state index is 12.1. The Morgan fingerprint density at radius 1 is 1.08 bits per heavy atom. The third-order valence-corrected chi connectivity index (χ3v) is 6.94. The summed E-state index contributed by atoms with van der Waals surface area (Å²) < 4.78 is 29.3. The molecule has 1 aromatic rings. The van der Waals surface area contributed by atoms with Crippen LogP contribution in [-0.2, 0) is 14.3 Å². The van der Waals surface area contributed by atoms with Crippen molar-refractivity contribution in [3.63, 3.8) is 0 Å². The first-order valence-corrected chi connectivity index (χ1v) is 10.1. The van der Waals surface area contributed by atoms with Gasteiger partial charge in [0.2, 0.25) is 0 Å². The highest BCUT2D eigenvalue weighted by Gasteiger charge is 2.46. The Labute approximate surface area is 147 Å². The molecule has 2 rings (SSSR count). The Hall–Kier alpha value is -1.07. The SMILES string of the molecule is Cc1ccc(S(=O)(=O)OCC/C=C/B2CC(C)(C)C(C)(C)C2)cc1. The van der Waals surface area contributed by atoms with Gasteiger partial charge in [0.25, 0.3) is 10.1 Å². The van der Waals surface area contributed by atoms with E-state index in [1.54, 1.807) is 24.3 Å². The van der Waals surface area contributed by atoms with E-state index >= 15 is 0 Å². The van der Waals surface area contributed by atoms with Crippen molar-refractivity contribution in [3.05, 3.63) is 41.9 Å². The van der Waals surface area contributed by atoms with Crippen LogP contribution >= 0.6 is 0 Å². The van der Waals surface area contributed by atoms with E-state index in [1.807, 2.05) is 6.92 Å². The number of hydrogen-bond donors (Lipinski definition) is 0. The van der Waals surface area contributed by atoms with Gasteiger partial charge in [0, 0.05) is 0 Å². The van der Waals surface area contributed by atoms with E-state index in [4.69, 9.17) is 4.18 Å². The summed E-state index contributed by atoms with van der Waals surface area (Å²) >= 11 is 0. The minimum absolute atomic E-state index is 0.187. The van der Waals surface area contributed by atoms with Crippen molar-refractivity contribution in [3.8, 4) is 0 Å². The largest absolute Gasteiger partial charge is 0.296 e. The van der Waals surface area contributed by atoms with Crippen LogP contribution in [0.3, 0.4) is 0 Å². The highest BCUT2D eigenvalue weighted by molar-refractivity contribution is 7.86. The van der Waals surface area contributed by atoms with Gasteiger partial charge in [-0.1, -0.05) is 64.1 Å². The fraction of sp³-hybridized carbons (Fsp3) is 0.579. The summed E-state index contributed by atoms with van der Waals surface area (Å²) in [6.45, 7) is 12.0. The molecular formula is C19H29BO3S. The Morgan fingerprint density at radius 3 is 2.17 bits per heavy atom. The smallest absolute Gasteiger partial charge is 0.266 e. The van der Waals surface area contributed by atoms with Gasteiger partial charge in [0.1, 0.15) is 0 Å². The standard InChI is InChI=1S/C19H29BO3S/c1-16-8-10-17(11-9-16)24(21,22)23-13-7-6-12-20-14-18(2,3)19(4,5)15-20/h6,8-12H,7,13-15H2,1-5H3/b12-6+. The van der Waals surface area contributed by atoms with E-state index in [0.29, 0.717) is 24.0 Å². The van der Waals surface area contributed by atoms with Crippen LogP contribution in [0.5, 0.6) is 0 Å². The van der Waals surface area contributed by atoms with Crippen LogP contribution in [0.4, 0.5) is 0 Å². The molecule has 1 aliphatic heterocycles. The third-order valence-electron chi connectivity index (χ3n) is 5.62. The maximum absolute atomic E-state index is 12.1. The van der Waals surface area contributed by atoms with Crippen molar-refractivity contribution >= 4 is 16.8 Å². The minimum Gasteiger partial charge on any atom is -0.266 e. The third kappa shape index (κ3) is 4.51. The Kier molecular flexibility index (Phi) is 5.66. The first kappa shape index (κ1) is 19.3. The van der Waals surface area contributed by atoms with E-state index in [9.17, 15) is 8.42 Å². The lowest BCUT2D eigenvalue weighted by Gasteiger charge is -2.35. The lowest BCUT2D eigenvalue weighted by atomic mass is 9.46. The fourth-order valence-electron chi connectivity index (χ4n) is 3.36. The van der Waals surface area contributed by atoms with Crippen LogP contribution < -0.4 is 0 Å². The van der Waals surface area contributed by atoms with Crippen molar-refractivity contribution in [2.45, 2.75) is 58.6 Å². The summed E-state index contributed by atoms with van der Waals surface area (Å²) in [7, 11) is -3.65. The van der Waals surface area contributed by atoms with Crippen molar-refractivity contribution in [1.82, 2.24) is 0 Å². The summed E-state index contributed by atoms with van der Waals surface area (Å²) in [5, 5.41) is 0. The second kappa shape index (κ2) is 7.05. The quantitative estimate of drug-likeness (QED) is 0.423. The monoisotopic (exact) mass is 348 g/mol. The maximum Gasteiger partial charge on any atom is 0.296 e. The minimum atomic E-state index is -3.65. The summed E-state index contributed by atoms with van der Waals surface area (Å²) in [5.74, 6) is 2.23. The average molecular weight is 348 g/mol. The van der Waals surface area contributed by atoms with Crippen LogP contribution in [0, 0.1) is 17.8 Å². The molecule has 0 radical (unpaired) electrons. The normalized spacial score (nSPS) is 20.0. The second-order valence-electron chi connectivity index (χ2n) is 8.24. The molecule has 1 saturated heterocycles. The van der Waals surface area contributed by atoms with E-state index in [2.05, 4.69) is 39.7 Å². The molecule has 0 saturated carbocycles. The van der Waals surface area contributed by atoms with Gasteiger partial charge < -0.3 is 0 Å². The Balaban J connectivity index is 1.82. The molecule has 0 atom stereocenters. The molecule has 0 aliphatic carbocycles. The first-order valence-electron chi connectivity index (χ1n) is 8.66. The van der Waals surface area contributed by atoms with E-state index < -0.39 is 10.1 Å². The summed E-state index contributed by atoms with van der Waals surface area (Å²) in [6, 6.07) is 6.73. The summed E-state index contributed by atoms with van der Waals surface area (Å²) in [5.41, 5.74) is 1.71. The Morgan fingerprint density at radius 2 is 1.62 bits per heavy atom. The van der Waals surface area contributed by atoms with Crippen LogP contribution in [0.15, 0.2) is 41.2 Å². The van der Waals surface area contributed by atoms with Crippen LogP contribution in [0.2, 0.25) is 12.6 Å². The summed E-state index contributed by atoms with van der Waals surface area (Å²) in [4.78, 5) is 0.219. The molecule has 0 unspecified atom stereocenters. The molecule has 1 heterocycles. The number of benzene rings is 1. The molecule has 1 aromatic carbocycles. The van der Waals surface area contributed by atoms with Gasteiger partial charge >= 0.3 is 0 Å². The second-order valence-corrected chi connectivity index (χ2v) is 9.86. The van der Waals surface area contributed by atoms with Gasteiger partial charge in [-0.3, -0.25) is 4.18 Å². The predicted molar refractivity (Wildman–Crippen MR) is 101 cm³/mol.